The third-order valence-electron chi connectivity index (χ3n) is 2.25. The van der Waals surface area contributed by atoms with Gasteiger partial charge in [-0.2, -0.15) is 0 Å². The minimum Gasteiger partial charge on any atom is -0.256 e. The zero-order valence-corrected chi connectivity index (χ0v) is 10.5. The van der Waals surface area contributed by atoms with Gasteiger partial charge >= 0.3 is 0 Å². The number of nitrogens with zero attached hydrogens (tertiary/aromatic N) is 1. The van der Waals surface area contributed by atoms with Crippen molar-refractivity contribution in [1.29, 1.82) is 0 Å². The molecule has 0 amide bonds. The molecule has 0 atom stereocenters. The van der Waals surface area contributed by atoms with Crippen LogP contribution in [0.3, 0.4) is 0 Å². The molecule has 92 valence electrons. The van der Waals surface area contributed by atoms with E-state index in [0.29, 0.717) is 10.7 Å². The third-order valence-corrected chi connectivity index (χ3v) is 2.88. The van der Waals surface area contributed by atoms with Gasteiger partial charge in [-0.3, -0.25) is 4.99 Å². The van der Waals surface area contributed by atoms with Gasteiger partial charge in [-0.05, 0) is 36.4 Å². The molecule has 0 aromatic heterocycles. The molecule has 0 radical (unpaired) electrons. The monoisotopic (exact) mass is 285 g/mol. The van der Waals surface area contributed by atoms with Gasteiger partial charge in [0.05, 0.1) is 16.3 Å². The quantitative estimate of drug-likeness (QED) is 0.543. The van der Waals surface area contributed by atoms with E-state index < -0.39 is 11.6 Å². The van der Waals surface area contributed by atoms with E-state index in [1.165, 1.54) is 6.21 Å². The summed E-state index contributed by atoms with van der Waals surface area (Å²) in [5.41, 5.74) is 0.491. The Hall–Kier alpha value is -1.45. The van der Waals surface area contributed by atoms with Crippen molar-refractivity contribution in [3.05, 3.63) is 63.6 Å². The molecular weight excluding hydrogens is 279 g/mol. The summed E-state index contributed by atoms with van der Waals surface area (Å²) in [4.78, 5) is 4.01. The smallest absolute Gasteiger partial charge is 0.142 e. The zero-order valence-electron chi connectivity index (χ0n) is 9.00. The maximum Gasteiger partial charge on any atom is 0.142 e. The standard InChI is InChI=1S/C13H7Cl2F2N/c14-8-1-3-9(4-2-8)18-7-10-11(16)5-6-12(17)13(10)15/h1-7H. The molecule has 0 saturated carbocycles. The first-order valence-corrected chi connectivity index (χ1v) is 5.76. The lowest BCUT2D eigenvalue weighted by molar-refractivity contribution is 0.599. The molecule has 0 unspecified atom stereocenters. The Labute approximate surface area is 113 Å². The predicted molar refractivity (Wildman–Crippen MR) is 70.1 cm³/mol. The van der Waals surface area contributed by atoms with E-state index in [1.54, 1.807) is 24.3 Å². The van der Waals surface area contributed by atoms with Crippen molar-refractivity contribution in [2.75, 3.05) is 0 Å². The second kappa shape index (κ2) is 5.46. The number of rotatable bonds is 2. The topological polar surface area (TPSA) is 12.4 Å². The molecule has 0 spiro atoms. The van der Waals surface area contributed by atoms with E-state index in [4.69, 9.17) is 23.2 Å². The van der Waals surface area contributed by atoms with Crippen LogP contribution in [0.5, 0.6) is 0 Å². The summed E-state index contributed by atoms with van der Waals surface area (Å²) in [7, 11) is 0. The average Bonchev–Trinajstić information content (AvgIpc) is 2.36. The lowest BCUT2D eigenvalue weighted by Gasteiger charge is -2.01. The highest BCUT2D eigenvalue weighted by Crippen LogP contribution is 2.22. The fourth-order valence-corrected chi connectivity index (χ4v) is 1.66. The van der Waals surface area contributed by atoms with Crippen LogP contribution < -0.4 is 0 Å². The molecule has 0 aliphatic rings. The third kappa shape index (κ3) is 2.86. The van der Waals surface area contributed by atoms with Crippen LogP contribution in [0.4, 0.5) is 14.5 Å². The molecule has 2 aromatic rings. The van der Waals surface area contributed by atoms with Crippen LogP contribution in [-0.4, -0.2) is 6.21 Å². The van der Waals surface area contributed by atoms with E-state index in [0.717, 1.165) is 12.1 Å². The molecule has 2 rings (SSSR count). The molecule has 18 heavy (non-hydrogen) atoms. The molecule has 0 aliphatic heterocycles. The van der Waals surface area contributed by atoms with Crippen molar-refractivity contribution < 1.29 is 8.78 Å². The zero-order chi connectivity index (χ0) is 13.1. The van der Waals surface area contributed by atoms with Crippen molar-refractivity contribution in [3.8, 4) is 0 Å². The minimum atomic E-state index is -0.685. The van der Waals surface area contributed by atoms with Crippen LogP contribution in [0.25, 0.3) is 0 Å². The maximum absolute atomic E-state index is 13.4. The normalized spacial score (nSPS) is 11.1. The molecule has 5 heteroatoms. The van der Waals surface area contributed by atoms with Gasteiger partial charge in [0.2, 0.25) is 0 Å². The van der Waals surface area contributed by atoms with Crippen molar-refractivity contribution >= 4 is 35.1 Å². The second-order valence-corrected chi connectivity index (χ2v) is 4.31. The Morgan fingerprint density at radius 1 is 0.889 bits per heavy atom. The van der Waals surface area contributed by atoms with Crippen molar-refractivity contribution in [2.45, 2.75) is 0 Å². The number of hydrogen-bond donors (Lipinski definition) is 0. The molecule has 0 fully saturated rings. The Morgan fingerprint density at radius 3 is 2.17 bits per heavy atom. The van der Waals surface area contributed by atoms with Gasteiger partial charge in [-0.25, -0.2) is 8.78 Å². The summed E-state index contributed by atoms with van der Waals surface area (Å²) in [6, 6.07) is 8.59. The summed E-state index contributed by atoms with van der Waals surface area (Å²) < 4.78 is 26.6. The van der Waals surface area contributed by atoms with Gasteiger partial charge in [0.15, 0.2) is 0 Å². The van der Waals surface area contributed by atoms with E-state index >= 15 is 0 Å². The van der Waals surface area contributed by atoms with Crippen molar-refractivity contribution in [3.63, 3.8) is 0 Å². The van der Waals surface area contributed by atoms with Crippen LogP contribution in [0, 0.1) is 11.6 Å². The summed E-state index contributed by atoms with van der Waals surface area (Å²) in [6.45, 7) is 0. The lowest BCUT2D eigenvalue weighted by atomic mass is 10.2. The SMILES string of the molecule is Fc1ccc(F)c(C=Nc2ccc(Cl)cc2)c1Cl. The second-order valence-electron chi connectivity index (χ2n) is 3.49. The van der Waals surface area contributed by atoms with Crippen molar-refractivity contribution in [2.24, 2.45) is 4.99 Å². The first-order valence-electron chi connectivity index (χ1n) is 5.01. The van der Waals surface area contributed by atoms with Gasteiger partial charge < -0.3 is 0 Å². The molecule has 2 aromatic carbocycles. The van der Waals surface area contributed by atoms with Gasteiger partial charge in [0.1, 0.15) is 11.6 Å². The van der Waals surface area contributed by atoms with Crippen LogP contribution in [-0.2, 0) is 0 Å². The summed E-state index contributed by atoms with van der Waals surface area (Å²) in [5.74, 6) is -1.31. The number of benzene rings is 2. The Balaban J connectivity index is 2.34. The molecule has 0 heterocycles. The molecule has 0 bridgehead atoms. The molecular formula is C13H7Cl2F2N. The highest BCUT2D eigenvalue weighted by molar-refractivity contribution is 6.33. The van der Waals surface area contributed by atoms with Crippen molar-refractivity contribution in [1.82, 2.24) is 0 Å². The summed E-state index contributed by atoms with van der Waals surface area (Å²) in [5, 5.41) is 0.289. The van der Waals surface area contributed by atoms with Gasteiger partial charge in [-0.1, -0.05) is 23.2 Å². The Morgan fingerprint density at radius 2 is 1.50 bits per heavy atom. The summed E-state index contributed by atoms with van der Waals surface area (Å²) >= 11 is 11.4. The highest BCUT2D eigenvalue weighted by atomic mass is 35.5. The van der Waals surface area contributed by atoms with Crippen LogP contribution in [0.1, 0.15) is 5.56 Å². The molecule has 0 aliphatic carbocycles. The summed E-state index contributed by atoms with van der Waals surface area (Å²) in [6.07, 6.45) is 1.18. The van der Waals surface area contributed by atoms with E-state index in [1.807, 2.05) is 0 Å². The fraction of sp³-hybridized carbons (Fsp3) is 0. The molecule has 0 N–H and O–H groups in total. The van der Waals surface area contributed by atoms with Gasteiger partial charge in [0, 0.05) is 11.2 Å². The molecule has 0 saturated heterocycles. The Bertz CT molecular complexity index is 595. The number of hydrogen-bond acceptors (Lipinski definition) is 1. The van der Waals surface area contributed by atoms with Crippen LogP contribution in [0.2, 0.25) is 10.0 Å². The van der Waals surface area contributed by atoms with E-state index in [-0.39, 0.29) is 10.6 Å². The average molecular weight is 286 g/mol. The largest absolute Gasteiger partial charge is 0.256 e. The van der Waals surface area contributed by atoms with E-state index in [9.17, 15) is 8.78 Å². The number of halogens is 4. The van der Waals surface area contributed by atoms with Crippen LogP contribution in [0.15, 0.2) is 41.4 Å². The van der Waals surface area contributed by atoms with Gasteiger partial charge in [-0.15, -0.1) is 0 Å². The van der Waals surface area contributed by atoms with Gasteiger partial charge in [0.25, 0.3) is 0 Å². The first-order chi connectivity index (χ1) is 8.58. The van der Waals surface area contributed by atoms with E-state index in [2.05, 4.69) is 4.99 Å². The van der Waals surface area contributed by atoms with Crippen LogP contribution >= 0.6 is 23.2 Å². The lowest BCUT2D eigenvalue weighted by Crippen LogP contribution is -1.92. The predicted octanol–water partition coefficient (Wildman–Crippen LogP) is 5.02. The molecule has 1 nitrogen and oxygen atoms in total. The fourth-order valence-electron chi connectivity index (χ4n) is 1.33. The maximum atomic E-state index is 13.4. The first kappa shape index (κ1) is 13.0. The number of aliphatic imine (C=N–C) groups is 1. The highest BCUT2D eigenvalue weighted by Gasteiger charge is 2.09. The minimum absolute atomic E-state index is 0.0772. The Kier molecular flexibility index (Phi) is 3.94.